The highest BCUT2D eigenvalue weighted by Gasteiger charge is 2.08. The summed E-state index contributed by atoms with van der Waals surface area (Å²) in [5.74, 6) is 0.323. The van der Waals surface area contributed by atoms with E-state index in [9.17, 15) is 5.11 Å². The van der Waals surface area contributed by atoms with Crippen molar-refractivity contribution in [2.45, 2.75) is 13.0 Å². The first-order valence-corrected chi connectivity index (χ1v) is 7.19. The van der Waals surface area contributed by atoms with Crippen molar-refractivity contribution in [1.29, 1.82) is 0 Å². The van der Waals surface area contributed by atoms with E-state index >= 15 is 0 Å². The van der Waals surface area contributed by atoms with Crippen LogP contribution >= 0.6 is 11.3 Å². The van der Waals surface area contributed by atoms with Crippen molar-refractivity contribution in [1.82, 2.24) is 0 Å². The lowest BCUT2D eigenvalue weighted by Gasteiger charge is -2.16. The van der Waals surface area contributed by atoms with Crippen LogP contribution < -0.4 is 5.32 Å². The number of phenols is 1. The number of hydrogen-bond donors (Lipinski definition) is 2. The normalized spacial score (nSPS) is 12.5. The lowest BCUT2D eigenvalue weighted by molar-refractivity contribution is 0.481. The van der Waals surface area contributed by atoms with Crippen molar-refractivity contribution in [3.63, 3.8) is 0 Å². The second-order valence-corrected chi connectivity index (χ2v) is 5.38. The Labute approximate surface area is 116 Å². The van der Waals surface area contributed by atoms with Crippen LogP contribution in [-0.4, -0.2) is 5.11 Å². The van der Waals surface area contributed by atoms with Crippen molar-refractivity contribution < 1.29 is 5.11 Å². The molecule has 3 heteroatoms. The third-order valence-corrected chi connectivity index (χ3v) is 4.02. The van der Waals surface area contributed by atoms with Crippen LogP contribution in [0, 0.1) is 0 Å². The average molecular weight is 269 g/mol. The van der Waals surface area contributed by atoms with E-state index in [0.717, 1.165) is 16.5 Å². The monoisotopic (exact) mass is 269 g/mol. The smallest absolute Gasteiger partial charge is 0.123 e. The number of anilines is 1. The molecule has 1 atom stereocenters. The molecule has 1 aromatic heterocycles. The molecule has 3 rings (SSSR count). The Balaban J connectivity index is 1.99. The Hall–Kier alpha value is -2.00. The zero-order chi connectivity index (χ0) is 13.2. The van der Waals surface area contributed by atoms with Gasteiger partial charge >= 0.3 is 0 Å². The fraction of sp³-hybridized carbons (Fsp3) is 0.125. The van der Waals surface area contributed by atoms with Crippen molar-refractivity contribution in [3.05, 3.63) is 58.8 Å². The molecular formula is C16H15NOS. The predicted octanol–water partition coefficient (Wildman–Crippen LogP) is 4.78. The van der Waals surface area contributed by atoms with Gasteiger partial charge in [-0.25, -0.2) is 0 Å². The van der Waals surface area contributed by atoms with Crippen LogP contribution in [0.4, 0.5) is 5.69 Å². The molecule has 0 fully saturated rings. The molecule has 0 aliphatic rings. The van der Waals surface area contributed by atoms with Crippen LogP contribution in [0.5, 0.6) is 5.75 Å². The van der Waals surface area contributed by atoms with Crippen LogP contribution in [0.15, 0.2) is 53.2 Å². The molecule has 0 radical (unpaired) electrons. The van der Waals surface area contributed by atoms with E-state index in [2.05, 4.69) is 29.1 Å². The number of phenolic OH excluding ortho intramolecular Hbond substituents is 1. The maximum absolute atomic E-state index is 9.89. The van der Waals surface area contributed by atoms with Gasteiger partial charge in [-0.05, 0) is 41.4 Å². The van der Waals surface area contributed by atoms with Gasteiger partial charge in [-0.2, -0.15) is 11.3 Å². The van der Waals surface area contributed by atoms with Crippen molar-refractivity contribution in [2.24, 2.45) is 0 Å². The molecule has 1 unspecified atom stereocenters. The minimum atomic E-state index is 0.249. The first kappa shape index (κ1) is 12.1. The molecule has 0 aliphatic carbocycles. The Bertz CT molecular complexity index is 691. The molecule has 1 heterocycles. The number of hydrogen-bond acceptors (Lipinski definition) is 3. The van der Waals surface area contributed by atoms with Crippen LogP contribution in [0.25, 0.3) is 10.8 Å². The summed E-state index contributed by atoms with van der Waals surface area (Å²) in [6, 6.07) is 13.9. The number of benzene rings is 2. The maximum atomic E-state index is 9.89. The Morgan fingerprint density at radius 2 is 1.84 bits per heavy atom. The molecule has 3 aromatic rings. The SMILES string of the molecule is CC(Nc1cccc2c(O)cccc12)c1ccsc1. The summed E-state index contributed by atoms with van der Waals surface area (Å²) in [5.41, 5.74) is 2.33. The number of rotatable bonds is 3. The predicted molar refractivity (Wildman–Crippen MR) is 82.0 cm³/mol. The third kappa shape index (κ3) is 2.29. The number of fused-ring (bicyclic) bond motifs is 1. The molecule has 0 saturated heterocycles. The molecule has 0 aliphatic heterocycles. The van der Waals surface area contributed by atoms with Crippen LogP contribution in [0.3, 0.4) is 0 Å². The Morgan fingerprint density at radius 3 is 2.63 bits per heavy atom. The Morgan fingerprint density at radius 1 is 1.05 bits per heavy atom. The quantitative estimate of drug-likeness (QED) is 0.717. The van der Waals surface area contributed by atoms with E-state index < -0.39 is 0 Å². The number of aromatic hydroxyl groups is 1. The molecule has 0 amide bonds. The largest absolute Gasteiger partial charge is 0.507 e. The summed E-state index contributed by atoms with van der Waals surface area (Å²) in [5, 5.41) is 19.6. The highest BCUT2D eigenvalue weighted by molar-refractivity contribution is 7.08. The van der Waals surface area contributed by atoms with Gasteiger partial charge in [0.25, 0.3) is 0 Å². The molecule has 96 valence electrons. The molecule has 2 N–H and O–H groups in total. The van der Waals surface area contributed by atoms with Crippen LogP contribution in [0.1, 0.15) is 18.5 Å². The molecule has 2 aromatic carbocycles. The molecule has 0 saturated carbocycles. The minimum absolute atomic E-state index is 0.249. The molecule has 0 bridgehead atoms. The van der Waals surface area contributed by atoms with Gasteiger partial charge < -0.3 is 10.4 Å². The van der Waals surface area contributed by atoms with Gasteiger partial charge in [-0.1, -0.05) is 24.3 Å². The van der Waals surface area contributed by atoms with Crippen molar-refractivity contribution in [2.75, 3.05) is 5.32 Å². The van der Waals surface area contributed by atoms with E-state index in [0.29, 0.717) is 5.75 Å². The summed E-state index contributed by atoms with van der Waals surface area (Å²) in [7, 11) is 0. The topological polar surface area (TPSA) is 32.3 Å². The summed E-state index contributed by atoms with van der Waals surface area (Å²) >= 11 is 1.70. The second-order valence-electron chi connectivity index (χ2n) is 4.60. The van der Waals surface area contributed by atoms with Gasteiger partial charge in [0.2, 0.25) is 0 Å². The Kier molecular flexibility index (Phi) is 3.13. The highest BCUT2D eigenvalue weighted by Crippen LogP contribution is 2.32. The fourth-order valence-corrected chi connectivity index (χ4v) is 3.01. The minimum Gasteiger partial charge on any atom is -0.507 e. The van der Waals surface area contributed by atoms with Gasteiger partial charge in [0.05, 0.1) is 0 Å². The van der Waals surface area contributed by atoms with E-state index in [1.165, 1.54) is 5.56 Å². The van der Waals surface area contributed by atoms with E-state index in [1.54, 1.807) is 17.4 Å². The lowest BCUT2D eigenvalue weighted by atomic mass is 10.1. The van der Waals surface area contributed by atoms with E-state index in [1.807, 2.05) is 30.3 Å². The summed E-state index contributed by atoms with van der Waals surface area (Å²) in [6.45, 7) is 2.14. The molecule has 2 nitrogen and oxygen atoms in total. The molecule has 0 spiro atoms. The average Bonchev–Trinajstić information content (AvgIpc) is 2.94. The van der Waals surface area contributed by atoms with Crippen LogP contribution in [-0.2, 0) is 0 Å². The van der Waals surface area contributed by atoms with Gasteiger partial charge in [0.15, 0.2) is 0 Å². The van der Waals surface area contributed by atoms with Gasteiger partial charge in [-0.15, -0.1) is 0 Å². The van der Waals surface area contributed by atoms with E-state index in [4.69, 9.17) is 0 Å². The number of nitrogens with one attached hydrogen (secondary N) is 1. The van der Waals surface area contributed by atoms with Crippen molar-refractivity contribution >= 4 is 27.8 Å². The standard InChI is InChI=1S/C16H15NOS/c1-11(12-8-9-19-10-12)17-15-6-2-5-14-13(15)4-3-7-16(14)18/h2-11,17-18H,1H3. The van der Waals surface area contributed by atoms with Crippen LogP contribution in [0.2, 0.25) is 0 Å². The zero-order valence-electron chi connectivity index (χ0n) is 10.6. The second kappa shape index (κ2) is 4.94. The molecule has 19 heavy (non-hydrogen) atoms. The molecular weight excluding hydrogens is 254 g/mol. The first-order chi connectivity index (χ1) is 9.25. The van der Waals surface area contributed by atoms with E-state index in [-0.39, 0.29) is 6.04 Å². The van der Waals surface area contributed by atoms with Gasteiger partial charge in [-0.3, -0.25) is 0 Å². The summed E-state index contributed by atoms with van der Waals surface area (Å²) < 4.78 is 0. The van der Waals surface area contributed by atoms with Gasteiger partial charge in [0.1, 0.15) is 5.75 Å². The third-order valence-electron chi connectivity index (χ3n) is 3.31. The van der Waals surface area contributed by atoms with Gasteiger partial charge in [0, 0.05) is 22.5 Å². The first-order valence-electron chi connectivity index (χ1n) is 6.25. The highest BCUT2D eigenvalue weighted by atomic mass is 32.1. The zero-order valence-corrected chi connectivity index (χ0v) is 11.4. The maximum Gasteiger partial charge on any atom is 0.123 e. The summed E-state index contributed by atoms with van der Waals surface area (Å²) in [4.78, 5) is 0. The number of thiophene rings is 1. The van der Waals surface area contributed by atoms with Crippen molar-refractivity contribution in [3.8, 4) is 5.75 Å². The fourth-order valence-electron chi connectivity index (χ4n) is 2.26. The lowest BCUT2D eigenvalue weighted by Crippen LogP contribution is -2.05. The summed E-state index contributed by atoms with van der Waals surface area (Å²) in [6.07, 6.45) is 0.